The van der Waals surface area contributed by atoms with E-state index in [-0.39, 0.29) is 0 Å². The molecule has 0 radical (unpaired) electrons. The molecule has 0 bridgehead atoms. The van der Waals surface area contributed by atoms with Gasteiger partial charge in [-0.3, -0.25) is 0 Å². The lowest BCUT2D eigenvalue weighted by molar-refractivity contribution is 0.230. The molecule has 0 saturated heterocycles. The first-order valence-electron chi connectivity index (χ1n) is 6.30. The summed E-state index contributed by atoms with van der Waals surface area (Å²) in [6.07, 6.45) is 10.3. The molecule has 0 unspecified atom stereocenters. The van der Waals surface area contributed by atoms with Gasteiger partial charge in [0.1, 0.15) is 0 Å². The van der Waals surface area contributed by atoms with Crippen LogP contribution in [-0.2, 0) is 4.43 Å². The second-order valence-electron chi connectivity index (χ2n) is 5.33. The van der Waals surface area contributed by atoms with Gasteiger partial charge in [0.15, 0.2) is 8.32 Å². The Kier molecular flexibility index (Phi) is 5.27. The van der Waals surface area contributed by atoms with Crippen molar-refractivity contribution in [2.75, 3.05) is 0 Å². The van der Waals surface area contributed by atoms with Crippen LogP contribution in [0.4, 0.5) is 0 Å². The summed E-state index contributed by atoms with van der Waals surface area (Å²) in [6.45, 7) is 8.91. The topological polar surface area (TPSA) is 9.23 Å². The molecule has 1 aliphatic rings. The predicted octanol–water partition coefficient (Wildman–Crippen LogP) is 4.44. The average Bonchev–Trinajstić information content (AvgIpc) is 2.62. The molecule has 0 amide bonds. The molecular weight excluding hydrogens is 212 g/mol. The smallest absolute Gasteiger partial charge is 0.187 e. The van der Waals surface area contributed by atoms with Crippen LogP contribution in [-0.4, -0.2) is 14.4 Å². The van der Waals surface area contributed by atoms with Gasteiger partial charge in [-0.15, -0.1) is 5.73 Å². The molecule has 1 rings (SSSR count). The third-order valence-electron chi connectivity index (χ3n) is 2.69. The Morgan fingerprint density at radius 3 is 2.62 bits per heavy atom. The number of allylic oxidation sites excluding steroid dienone is 3. The van der Waals surface area contributed by atoms with Gasteiger partial charge in [-0.1, -0.05) is 18.6 Å². The van der Waals surface area contributed by atoms with Crippen LogP contribution in [0.3, 0.4) is 0 Å². The van der Waals surface area contributed by atoms with Gasteiger partial charge in [0.25, 0.3) is 0 Å². The van der Waals surface area contributed by atoms with Crippen molar-refractivity contribution in [1.82, 2.24) is 0 Å². The van der Waals surface area contributed by atoms with Crippen molar-refractivity contribution in [1.29, 1.82) is 0 Å². The number of unbranched alkanes of at least 4 members (excludes halogenated alkanes) is 1. The standard InChI is InChI=1S/C14H24OSi/c1-13(2)15-16(3,4)12-8-7-11-14-9-5-6-10-14/h5-6,9,13H,7-8,11-12H2,1-4H3. The number of hydrogen-bond acceptors (Lipinski definition) is 1. The molecule has 0 aromatic rings. The lowest BCUT2D eigenvalue weighted by atomic mass is 10.1. The van der Waals surface area contributed by atoms with E-state index in [0.717, 1.165) is 0 Å². The minimum atomic E-state index is -1.40. The Bertz CT molecular complexity index is 307. The van der Waals surface area contributed by atoms with Gasteiger partial charge in [0, 0.05) is 6.10 Å². The molecule has 90 valence electrons. The van der Waals surface area contributed by atoms with Gasteiger partial charge >= 0.3 is 0 Å². The van der Waals surface area contributed by atoms with Crippen molar-refractivity contribution < 1.29 is 4.43 Å². The maximum atomic E-state index is 6.01. The zero-order chi connectivity index (χ0) is 12.0. The Balaban J connectivity index is 2.14. The van der Waals surface area contributed by atoms with Crippen LogP contribution in [0.15, 0.2) is 29.5 Å². The van der Waals surface area contributed by atoms with Crippen LogP contribution < -0.4 is 0 Å². The highest BCUT2D eigenvalue weighted by Gasteiger charge is 2.22. The average molecular weight is 236 g/mol. The first kappa shape index (κ1) is 13.5. The van der Waals surface area contributed by atoms with Gasteiger partial charge in [-0.25, -0.2) is 0 Å². The SMILES string of the molecule is CC(C)O[Si](C)(C)CCCCC1=C=CC=C1. The van der Waals surface area contributed by atoms with E-state index in [1.807, 2.05) is 6.08 Å². The minimum absolute atomic E-state index is 0.380. The fraction of sp³-hybridized carbons (Fsp3) is 0.643. The van der Waals surface area contributed by atoms with E-state index in [0.29, 0.717) is 6.10 Å². The third kappa shape index (κ3) is 5.50. The van der Waals surface area contributed by atoms with E-state index in [1.165, 1.54) is 30.9 Å². The van der Waals surface area contributed by atoms with Crippen LogP contribution >= 0.6 is 0 Å². The lowest BCUT2D eigenvalue weighted by Gasteiger charge is -2.25. The zero-order valence-electron chi connectivity index (χ0n) is 11.0. The molecule has 0 N–H and O–H groups in total. The molecule has 1 aliphatic carbocycles. The highest BCUT2D eigenvalue weighted by molar-refractivity contribution is 6.71. The highest BCUT2D eigenvalue weighted by atomic mass is 28.4. The Morgan fingerprint density at radius 1 is 1.31 bits per heavy atom. The first-order valence-corrected chi connectivity index (χ1v) is 9.41. The summed E-state index contributed by atoms with van der Waals surface area (Å²) in [5.41, 5.74) is 4.60. The van der Waals surface area contributed by atoms with E-state index in [2.05, 4.69) is 44.8 Å². The van der Waals surface area contributed by atoms with E-state index < -0.39 is 8.32 Å². The van der Waals surface area contributed by atoms with Gasteiger partial charge in [0.05, 0.1) is 0 Å². The summed E-state index contributed by atoms with van der Waals surface area (Å²) in [7, 11) is -1.40. The van der Waals surface area contributed by atoms with Gasteiger partial charge in [-0.2, -0.15) is 0 Å². The fourth-order valence-electron chi connectivity index (χ4n) is 2.09. The van der Waals surface area contributed by atoms with E-state index >= 15 is 0 Å². The maximum Gasteiger partial charge on any atom is 0.187 e. The lowest BCUT2D eigenvalue weighted by Crippen LogP contribution is -2.33. The van der Waals surface area contributed by atoms with Gasteiger partial charge < -0.3 is 4.43 Å². The molecule has 2 heteroatoms. The van der Waals surface area contributed by atoms with Crippen LogP contribution in [0.2, 0.25) is 19.1 Å². The summed E-state index contributed by atoms with van der Waals surface area (Å²) in [4.78, 5) is 0. The number of rotatable bonds is 7. The van der Waals surface area contributed by atoms with E-state index in [9.17, 15) is 0 Å². The fourth-order valence-corrected chi connectivity index (χ4v) is 4.58. The van der Waals surface area contributed by atoms with Crippen molar-refractivity contribution in [2.45, 2.75) is 58.4 Å². The Labute approximate surface area is 101 Å². The minimum Gasteiger partial charge on any atom is -0.415 e. The summed E-state index contributed by atoms with van der Waals surface area (Å²) < 4.78 is 6.01. The molecule has 16 heavy (non-hydrogen) atoms. The zero-order valence-corrected chi connectivity index (χ0v) is 12.0. The molecule has 0 atom stereocenters. The Morgan fingerprint density at radius 2 is 2.06 bits per heavy atom. The van der Waals surface area contributed by atoms with Crippen LogP contribution in [0.1, 0.15) is 33.1 Å². The summed E-state index contributed by atoms with van der Waals surface area (Å²) in [5, 5.41) is 0. The molecule has 0 aromatic carbocycles. The van der Waals surface area contributed by atoms with Crippen LogP contribution in [0.5, 0.6) is 0 Å². The van der Waals surface area contributed by atoms with E-state index in [4.69, 9.17) is 4.43 Å². The molecule has 1 nitrogen and oxygen atoms in total. The van der Waals surface area contributed by atoms with Crippen molar-refractivity contribution in [3.63, 3.8) is 0 Å². The number of hydrogen-bond donors (Lipinski definition) is 0. The summed E-state index contributed by atoms with van der Waals surface area (Å²) >= 11 is 0. The third-order valence-corrected chi connectivity index (χ3v) is 5.36. The quantitative estimate of drug-likeness (QED) is 0.361. The van der Waals surface area contributed by atoms with Crippen LogP contribution in [0.25, 0.3) is 0 Å². The summed E-state index contributed by atoms with van der Waals surface area (Å²) in [6, 6.07) is 1.27. The van der Waals surface area contributed by atoms with Crippen molar-refractivity contribution in [3.8, 4) is 0 Å². The van der Waals surface area contributed by atoms with Gasteiger partial charge in [-0.05, 0) is 57.5 Å². The summed E-state index contributed by atoms with van der Waals surface area (Å²) in [5.74, 6) is 0. The second kappa shape index (κ2) is 6.24. The predicted molar refractivity (Wildman–Crippen MR) is 73.1 cm³/mol. The van der Waals surface area contributed by atoms with Crippen molar-refractivity contribution in [3.05, 3.63) is 29.5 Å². The first-order chi connectivity index (χ1) is 7.49. The molecule has 0 fully saturated rings. The molecule has 0 heterocycles. The van der Waals surface area contributed by atoms with Crippen LogP contribution in [0, 0.1) is 0 Å². The maximum absolute atomic E-state index is 6.01. The molecular formula is C14H24OSi. The molecule has 0 spiro atoms. The molecule has 0 saturated carbocycles. The second-order valence-corrected chi connectivity index (χ2v) is 9.58. The molecule has 0 aliphatic heterocycles. The largest absolute Gasteiger partial charge is 0.415 e. The Hall–Kier alpha value is -0.563. The van der Waals surface area contributed by atoms with Crippen molar-refractivity contribution in [2.24, 2.45) is 0 Å². The normalized spacial score (nSPS) is 14.9. The van der Waals surface area contributed by atoms with Gasteiger partial charge in [0.2, 0.25) is 0 Å². The highest BCUT2D eigenvalue weighted by Crippen LogP contribution is 2.20. The van der Waals surface area contributed by atoms with Crippen molar-refractivity contribution >= 4 is 8.32 Å². The monoisotopic (exact) mass is 236 g/mol. The molecule has 0 aromatic heterocycles. The van der Waals surface area contributed by atoms with E-state index in [1.54, 1.807) is 0 Å².